The Labute approximate surface area is 110 Å². The van der Waals surface area contributed by atoms with E-state index in [1.807, 2.05) is 41.5 Å². The zero-order valence-corrected chi connectivity index (χ0v) is 13.2. The lowest BCUT2D eigenvalue weighted by Gasteiger charge is -2.32. The fraction of sp³-hybridized carbons (Fsp3) is 1.00. The second kappa shape index (κ2) is 5.59. The predicted octanol–water partition coefficient (Wildman–Crippen LogP) is 3.10. The molecular weight excluding hydrogens is 253 g/mol. The quantitative estimate of drug-likeness (QED) is 0.801. The summed E-state index contributed by atoms with van der Waals surface area (Å²) >= 11 is 0. The number of phosphoric acid groups is 1. The maximum Gasteiger partial charge on any atom is 0.476 e. The molecule has 1 heterocycles. The van der Waals surface area contributed by atoms with E-state index in [0.717, 1.165) is 13.0 Å². The molecule has 1 fully saturated rings. The lowest BCUT2D eigenvalue weighted by atomic mass is 10.2. The number of hydrogen-bond donors (Lipinski definition) is 1. The number of hydrogen-bond acceptors (Lipinski definition) is 5. The average Bonchev–Trinajstić information content (AvgIpc) is 2.46. The summed E-state index contributed by atoms with van der Waals surface area (Å²) in [6, 6.07) is 0. The topological polar surface area (TPSA) is 56.8 Å². The molecule has 108 valence electrons. The van der Waals surface area contributed by atoms with Gasteiger partial charge in [0.2, 0.25) is 0 Å². The highest BCUT2D eigenvalue weighted by Crippen LogP contribution is 2.56. The first-order valence-corrected chi connectivity index (χ1v) is 7.86. The van der Waals surface area contributed by atoms with Crippen LogP contribution in [0, 0.1) is 0 Å². The molecule has 1 N–H and O–H groups in total. The summed E-state index contributed by atoms with van der Waals surface area (Å²) in [4.78, 5) is 0. The van der Waals surface area contributed by atoms with Crippen molar-refractivity contribution in [2.45, 2.75) is 65.3 Å². The molecular formula is C12H26NO4P. The Morgan fingerprint density at radius 3 is 1.89 bits per heavy atom. The van der Waals surface area contributed by atoms with E-state index in [1.54, 1.807) is 0 Å². The molecule has 0 amide bonds. The van der Waals surface area contributed by atoms with Crippen molar-refractivity contribution >= 4 is 7.82 Å². The summed E-state index contributed by atoms with van der Waals surface area (Å²) < 4.78 is 29.4. The van der Waals surface area contributed by atoms with Crippen molar-refractivity contribution in [3.05, 3.63) is 0 Å². The first-order chi connectivity index (χ1) is 7.99. The molecule has 0 radical (unpaired) electrons. The van der Waals surface area contributed by atoms with Crippen molar-refractivity contribution in [2.24, 2.45) is 0 Å². The van der Waals surface area contributed by atoms with E-state index < -0.39 is 19.0 Å². The van der Waals surface area contributed by atoms with Crippen molar-refractivity contribution in [3.63, 3.8) is 0 Å². The molecule has 0 saturated carbocycles. The highest BCUT2D eigenvalue weighted by atomic mass is 31.2. The standard InChI is InChI=1S/C12H26NO4P/c1-11(2,3)16-18(14,17-12(4,5)6)15-10-7-8-13-9-10/h10,13H,7-9H2,1-6H3. The summed E-state index contributed by atoms with van der Waals surface area (Å²) in [6.07, 6.45) is 0.714. The van der Waals surface area contributed by atoms with Crippen LogP contribution in [0.1, 0.15) is 48.0 Å². The van der Waals surface area contributed by atoms with E-state index in [0.29, 0.717) is 6.54 Å². The van der Waals surface area contributed by atoms with Crippen molar-refractivity contribution < 1.29 is 18.1 Å². The Balaban J connectivity index is 2.75. The van der Waals surface area contributed by atoms with Crippen LogP contribution >= 0.6 is 7.82 Å². The molecule has 0 aromatic heterocycles. The van der Waals surface area contributed by atoms with Gasteiger partial charge in [0, 0.05) is 6.54 Å². The molecule has 0 spiro atoms. The molecule has 1 unspecified atom stereocenters. The van der Waals surface area contributed by atoms with E-state index in [2.05, 4.69) is 5.32 Å². The Bertz CT molecular complexity index is 293. The number of phosphoric ester groups is 1. The number of rotatable bonds is 4. The van der Waals surface area contributed by atoms with Gasteiger partial charge in [-0.05, 0) is 54.5 Å². The van der Waals surface area contributed by atoms with Crippen LogP contribution in [0.4, 0.5) is 0 Å². The Morgan fingerprint density at radius 1 is 1.06 bits per heavy atom. The van der Waals surface area contributed by atoms with Gasteiger partial charge in [-0.25, -0.2) is 4.57 Å². The van der Waals surface area contributed by atoms with Gasteiger partial charge >= 0.3 is 7.82 Å². The van der Waals surface area contributed by atoms with E-state index >= 15 is 0 Å². The van der Waals surface area contributed by atoms with Gasteiger partial charge in [0.25, 0.3) is 0 Å². The van der Waals surface area contributed by atoms with Crippen molar-refractivity contribution in [3.8, 4) is 0 Å². The van der Waals surface area contributed by atoms with Crippen LogP contribution in [0.2, 0.25) is 0 Å². The monoisotopic (exact) mass is 279 g/mol. The number of nitrogens with one attached hydrogen (secondary N) is 1. The van der Waals surface area contributed by atoms with Crippen molar-refractivity contribution in [2.75, 3.05) is 13.1 Å². The van der Waals surface area contributed by atoms with Gasteiger partial charge in [-0.2, -0.15) is 0 Å². The SMILES string of the molecule is CC(C)(C)OP(=O)(OC1CCNC1)OC(C)(C)C. The van der Waals surface area contributed by atoms with Crippen LogP contribution in [0.5, 0.6) is 0 Å². The molecule has 0 aromatic carbocycles. The fourth-order valence-corrected chi connectivity index (χ4v) is 3.64. The third kappa shape index (κ3) is 6.30. The Morgan fingerprint density at radius 2 is 1.56 bits per heavy atom. The van der Waals surface area contributed by atoms with Gasteiger partial charge in [-0.1, -0.05) is 0 Å². The zero-order valence-electron chi connectivity index (χ0n) is 12.3. The van der Waals surface area contributed by atoms with Gasteiger partial charge in [0.05, 0.1) is 17.3 Å². The normalized spacial score (nSPS) is 22.4. The molecule has 0 aliphatic carbocycles. The molecule has 6 heteroatoms. The molecule has 1 saturated heterocycles. The maximum atomic E-state index is 12.7. The van der Waals surface area contributed by atoms with Crippen molar-refractivity contribution in [1.82, 2.24) is 5.32 Å². The summed E-state index contributed by atoms with van der Waals surface area (Å²) in [7, 11) is -3.55. The zero-order chi connectivity index (χ0) is 14.0. The molecule has 0 bridgehead atoms. The third-order valence-corrected chi connectivity index (χ3v) is 4.16. The van der Waals surface area contributed by atoms with Crippen LogP contribution in [-0.2, 0) is 18.1 Å². The fourth-order valence-electron chi connectivity index (χ4n) is 1.63. The lowest BCUT2D eigenvalue weighted by molar-refractivity contribution is -0.00795. The van der Waals surface area contributed by atoms with E-state index in [-0.39, 0.29) is 6.10 Å². The predicted molar refractivity (Wildman–Crippen MR) is 71.6 cm³/mol. The highest BCUT2D eigenvalue weighted by molar-refractivity contribution is 7.48. The van der Waals surface area contributed by atoms with Gasteiger partial charge in [0.15, 0.2) is 0 Å². The Hall–Kier alpha value is 0.0700. The van der Waals surface area contributed by atoms with Gasteiger partial charge < -0.3 is 5.32 Å². The first kappa shape index (κ1) is 16.1. The minimum absolute atomic E-state index is 0.111. The van der Waals surface area contributed by atoms with Crippen LogP contribution < -0.4 is 5.32 Å². The third-order valence-electron chi connectivity index (χ3n) is 2.06. The van der Waals surface area contributed by atoms with Gasteiger partial charge in [-0.3, -0.25) is 13.6 Å². The van der Waals surface area contributed by atoms with Gasteiger partial charge in [-0.15, -0.1) is 0 Å². The minimum atomic E-state index is -3.55. The molecule has 0 aromatic rings. The average molecular weight is 279 g/mol. The molecule has 1 rings (SSSR count). The largest absolute Gasteiger partial charge is 0.476 e. The smallest absolute Gasteiger partial charge is 0.314 e. The molecule has 1 aliphatic rings. The highest BCUT2D eigenvalue weighted by Gasteiger charge is 2.39. The van der Waals surface area contributed by atoms with Crippen LogP contribution in [0.25, 0.3) is 0 Å². The first-order valence-electron chi connectivity index (χ1n) is 6.40. The summed E-state index contributed by atoms with van der Waals surface area (Å²) in [5.41, 5.74) is -1.15. The van der Waals surface area contributed by atoms with E-state index in [4.69, 9.17) is 13.6 Å². The lowest BCUT2D eigenvalue weighted by Crippen LogP contribution is -2.27. The summed E-state index contributed by atoms with van der Waals surface area (Å²) in [5, 5.41) is 3.16. The minimum Gasteiger partial charge on any atom is -0.314 e. The maximum absolute atomic E-state index is 12.7. The molecule has 18 heavy (non-hydrogen) atoms. The molecule has 5 nitrogen and oxygen atoms in total. The van der Waals surface area contributed by atoms with Crippen LogP contribution in [-0.4, -0.2) is 30.4 Å². The summed E-state index contributed by atoms with van der Waals surface area (Å²) in [5.74, 6) is 0. The summed E-state index contributed by atoms with van der Waals surface area (Å²) in [6.45, 7) is 12.6. The molecule has 1 atom stereocenters. The second-order valence-corrected chi connectivity index (χ2v) is 8.05. The van der Waals surface area contributed by atoms with E-state index in [9.17, 15) is 4.57 Å². The Kier molecular flexibility index (Phi) is 5.01. The van der Waals surface area contributed by atoms with Crippen molar-refractivity contribution in [1.29, 1.82) is 0 Å². The van der Waals surface area contributed by atoms with E-state index in [1.165, 1.54) is 0 Å². The van der Waals surface area contributed by atoms with Crippen LogP contribution in [0.3, 0.4) is 0 Å². The van der Waals surface area contributed by atoms with Crippen LogP contribution in [0.15, 0.2) is 0 Å². The molecule has 1 aliphatic heterocycles. The van der Waals surface area contributed by atoms with Gasteiger partial charge in [0.1, 0.15) is 0 Å². The second-order valence-electron chi connectivity index (χ2n) is 6.57.